The van der Waals surface area contributed by atoms with Gasteiger partial charge in [-0.25, -0.2) is 13.4 Å². The van der Waals surface area contributed by atoms with Crippen molar-refractivity contribution in [3.63, 3.8) is 0 Å². The molecule has 1 aromatic heterocycles. The van der Waals surface area contributed by atoms with Gasteiger partial charge in [-0.05, 0) is 29.8 Å². The summed E-state index contributed by atoms with van der Waals surface area (Å²) in [5.74, 6) is -2.05. The third-order valence-electron chi connectivity index (χ3n) is 6.27. The Morgan fingerprint density at radius 1 is 0.976 bits per heavy atom. The summed E-state index contributed by atoms with van der Waals surface area (Å²) in [5, 5.41) is 6.06. The van der Waals surface area contributed by atoms with E-state index in [1.165, 1.54) is 16.4 Å². The number of alkyl halides is 3. The van der Waals surface area contributed by atoms with Crippen LogP contribution in [0.4, 0.5) is 18.9 Å². The number of pyridine rings is 1. The molecule has 12 N–H and O–H groups in total. The fraction of sp³-hybridized carbons (Fsp3) is 0.346. The average molecular weight is 600 g/mol. The molecule has 11 nitrogen and oxygen atoms in total. The van der Waals surface area contributed by atoms with Gasteiger partial charge in [0.1, 0.15) is 17.5 Å². The van der Waals surface area contributed by atoms with Crippen LogP contribution in [-0.2, 0) is 32.2 Å². The lowest BCUT2D eigenvalue weighted by Crippen LogP contribution is -2.72. The Balaban J connectivity index is 1.81. The van der Waals surface area contributed by atoms with E-state index in [0.29, 0.717) is 24.3 Å². The van der Waals surface area contributed by atoms with Gasteiger partial charge >= 0.3 is 6.18 Å². The number of sulfonamides is 1. The summed E-state index contributed by atoms with van der Waals surface area (Å²) in [4.78, 5) is 29.4. The summed E-state index contributed by atoms with van der Waals surface area (Å²) in [6.07, 6.45) is -3.12. The number of aromatic nitrogens is 1. The summed E-state index contributed by atoms with van der Waals surface area (Å²) < 4.78 is 66.0. The molecule has 2 amide bonds. The Bertz CT molecular complexity index is 1450. The summed E-state index contributed by atoms with van der Waals surface area (Å²) in [5.41, 5.74) is 11.8. The van der Waals surface area contributed by atoms with Crippen LogP contribution in [0.2, 0.25) is 0 Å². The van der Waals surface area contributed by atoms with Crippen LogP contribution in [0, 0.1) is 0 Å². The Hall–Kier alpha value is -3.63. The zero-order chi connectivity index (χ0) is 30.2. The molecule has 0 spiro atoms. The van der Waals surface area contributed by atoms with Gasteiger partial charge in [0.05, 0.1) is 31.7 Å². The minimum Gasteiger partial charge on any atom is -0.356 e. The van der Waals surface area contributed by atoms with Crippen molar-refractivity contribution in [3.05, 3.63) is 71.9 Å². The van der Waals surface area contributed by atoms with E-state index >= 15 is 0 Å². The van der Waals surface area contributed by atoms with Crippen molar-refractivity contribution in [3.8, 4) is 0 Å². The van der Waals surface area contributed by atoms with Gasteiger partial charge in [-0.3, -0.25) is 9.59 Å². The van der Waals surface area contributed by atoms with Crippen LogP contribution < -0.4 is 32.8 Å². The van der Waals surface area contributed by atoms with Gasteiger partial charge in [0.25, 0.3) is 5.91 Å². The quantitative estimate of drug-likeness (QED) is 0.153. The van der Waals surface area contributed by atoms with E-state index in [2.05, 4.69) is 32.8 Å². The minimum atomic E-state index is -4.53. The molecule has 0 unspecified atom stereocenters. The molecule has 3 rings (SSSR count). The number of anilines is 1. The molecule has 0 aliphatic heterocycles. The fourth-order valence-corrected chi connectivity index (χ4v) is 5.85. The first kappa shape index (κ1) is 31.9. The van der Waals surface area contributed by atoms with E-state index in [1.807, 2.05) is 24.3 Å². The van der Waals surface area contributed by atoms with Gasteiger partial charge in [-0.1, -0.05) is 24.3 Å². The predicted molar refractivity (Wildman–Crippen MR) is 144 cm³/mol. The second-order valence-corrected chi connectivity index (χ2v) is 11.5. The molecule has 0 bridgehead atoms. The summed E-state index contributed by atoms with van der Waals surface area (Å²) in [6.45, 7) is 0.978. The molecule has 2 atom stereocenters. The maximum absolute atomic E-state index is 13.3. The summed E-state index contributed by atoms with van der Waals surface area (Å²) in [6, 6.07) is 10.8. The third kappa shape index (κ3) is 8.93. The Labute approximate surface area is 235 Å². The molecule has 0 saturated heterocycles. The largest absolute Gasteiger partial charge is 0.416 e. The standard InChI is InChI=1S/C26H32F3N7O4S/c27-26(28,29)19-7-5-17(6-8-19)13-23(25(38)34-20-14-18-3-1-2-4-22(18)33-15-20)35-24(37)21(32)16-41(39,40)36(11-9-30)12-10-31/h1-8,14-15,21,23H,9-13,16,30-32H2,(H,34,38)(H,35,37)/p+4/t21-,23-/m0/s1. The van der Waals surface area contributed by atoms with Crippen LogP contribution in [0.3, 0.4) is 0 Å². The highest BCUT2D eigenvalue weighted by molar-refractivity contribution is 7.89. The smallest absolute Gasteiger partial charge is 0.356 e. The molecule has 0 aliphatic rings. The lowest BCUT2D eigenvalue weighted by molar-refractivity contribution is -0.397. The number of amides is 2. The number of rotatable bonds is 13. The number of H-pyrrole nitrogens is 1. The molecular weight excluding hydrogens is 563 g/mol. The second kappa shape index (κ2) is 13.8. The molecule has 15 heteroatoms. The molecule has 0 saturated carbocycles. The monoisotopic (exact) mass is 599 g/mol. The van der Waals surface area contributed by atoms with Crippen LogP contribution in [-0.4, -0.2) is 68.6 Å². The van der Waals surface area contributed by atoms with Gasteiger partial charge in [0.15, 0.2) is 12.2 Å². The van der Waals surface area contributed by atoms with Crippen molar-refractivity contribution >= 4 is 38.4 Å². The molecule has 41 heavy (non-hydrogen) atoms. The normalized spacial score (nSPS) is 13.6. The number of carbonyl (C=O) groups excluding carboxylic acids is 2. The first-order valence-corrected chi connectivity index (χ1v) is 14.5. The molecule has 0 radical (unpaired) electrons. The molecule has 2 aromatic carbocycles. The van der Waals surface area contributed by atoms with E-state index in [0.717, 1.165) is 23.0 Å². The van der Waals surface area contributed by atoms with Gasteiger partial charge in [0.2, 0.25) is 21.4 Å². The van der Waals surface area contributed by atoms with Crippen LogP contribution in [0.15, 0.2) is 60.8 Å². The van der Waals surface area contributed by atoms with Gasteiger partial charge in [-0.15, -0.1) is 0 Å². The maximum atomic E-state index is 13.3. The van der Waals surface area contributed by atoms with Crippen molar-refractivity contribution in [1.82, 2.24) is 9.62 Å². The number of hydrogen-bond acceptors (Lipinski definition) is 4. The summed E-state index contributed by atoms with van der Waals surface area (Å²) >= 11 is 0. The zero-order valence-electron chi connectivity index (χ0n) is 22.4. The molecule has 0 fully saturated rings. The number of nitrogens with one attached hydrogen (secondary N) is 3. The first-order chi connectivity index (χ1) is 19.3. The van der Waals surface area contributed by atoms with E-state index in [1.54, 1.807) is 12.3 Å². The molecule has 1 heterocycles. The van der Waals surface area contributed by atoms with Crippen molar-refractivity contribution in [2.24, 2.45) is 0 Å². The average Bonchev–Trinajstić information content (AvgIpc) is 2.92. The number of hydrogen-bond donors (Lipinski definition) is 5. The fourth-order valence-electron chi connectivity index (χ4n) is 4.16. The van der Waals surface area contributed by atoms with Crippen molar-refractivity contribution in [2.75, 3.05) is 37.2 Å². The molecule has 0 aliphatic carbocycles. The number of nitrogens with zero attached hydrogens (tertiary/aromatic N) is 1. The number of carbonyl (C=O) groups is 2. The zero-order valence-corrected chi connectivity index (χ0v) is 23.2. The number of quaternary nitrogens is 3. The topological polar surface area (TPSA) is 193 Å². The first-order valence-electron chi connectivity index (χ1n) is 12.9. The van der Waals surface area contributed by atoms with Crippen LogP contribution in [0.1, 0.15) is 11.1 Å². The van der Waals surface area contributed by atoms with E-state index in [4.69, 9.17) is 0 Å². The molecule has 222 valence electrons. The van der Waals surface area contributed by atoms with E-state index < -0.39 is 51.4 Å². The van der Waals surface area contributed by atoms with Crippen molar-refractivity contribution in [1.29, 1.82) is 0 Å². The van der Waals surface area contributed by atoms with Crippen LogP contribution in [0.5, 0.6) is 0 Å². The Kier molecular flexibility index (Phi) is 10.8. The van der Waals surface area contributed by atoms with Crippen LogP contribution >= 0.6 is 0 Å². The molecular formula is C26H36F3N7O4S+4. The maximum Gasteiger partial charge on any atom is 0.416 e. The molecule has 3 aromatic rings. The van der Waals surface area contributed by atoms with Gasteiger partial charge < -0.3 is 27.8 Å². The lowest BCUT2D eigenvalue weighted by atomic mass is 10.0. The lowest BCUT2D eigenvalue weighted by Gasteiger charge is -2.22. The second-order valence-electron chi connectivity index (χ2n) is 9.51. The predicted octanol–water partition coefficient (Wildman–Crippen LogP) is -1.94. The number of para-hydroxylation sites is 1. The Morgan fingerprint density at radius 3 is 2.22 bits per heavy atom. The van der Waals surface area contributed by atoms with Gasteiger partial charge in [-0.2, -0.15) is 17.5 Å². The van der Waals surface area contributed by atoms with Crippen molar-refractivity contribution in [2.45, 2.75) is 24.7 Å². The van der Waals surface area contributed by atoms with Crippen molar-refractivity contribution < 1.29 is 53.4 Å². The number of aromatic amines is 1. The van der Waals surface area contributed by atoms with Gasteiger partial charge in [0, 0.05) is 17.9 Å². The summed E-state index contributed by atoms with van der Waals surface area (Å²) in [7, 11) is -3.88. The highest BCUT2D eigenvalue weighted by atomic mass is 32.2. The van der Waals surface area contributed by atoms with E-state index in [9.17, 15) is 31.2 Å². The third-order valence-corrected chi connectivity index (χ3v) is 8.24. The number of halogens is 3. The number of benzene rings is 2. The minimum absolute atomic E-state index is 0.151. The SMILES string of the molecule is [NH3+]CCN(CC[NH3+])S(=O)(=O)C[C@H]([NH3+])C(=O)N[C@@H](Cc1ccc(C(F)(F)F)cc1)C(=O)Nc1c[nH+]c2ccccc2c1. The van der Waals surface area contributed by atoms with E-state index in [-0.39, 0.29) is 19.5 Å². The van der Waals surface area contributed by atoms with Crippen LogP contribution in [0.25, 0.3) is 10.9 Å². The highest BCUT2D eigenvalue weighted by Gasteiger charge is 2.33. The Morgan fingerprint density at radius 2 is 1.61 bits per heavy atom. The number of fused-ring (bicyclic) bond motifs is 1. The highest BCUT2D eigenvalue weighted by Crippen LogP contribution is 2.29.